The monoisotopic (exact) mass is 353 g/mol. The lowest BCUT2D eigenvalue weighted by Gasteiger charge is -2.34. The van der Waals surface area contributed by atoms with E-state index in [1.165, 1.54) is 32.1 Å². The van der Waals surface area contributed by atoms with Gasteiger partial charge in [-0.2, -0.15) is 0 Å². The molecule has 1 rings (SSSR count). The van der Waals surface area contributed by atoms with Gasteiger partial charge in [0.25, 0.3) is 0 Å². The van der Waals surface area contributed by atoms with Crippen molar-refractivity contribution in [1.82, 2.24) is 20.4 Å². The first kappa shape index (κ1) is 21.7. The molecule has 6 nitrogen and oxygen atoms in total. The van der Waals surface area contributed by atoms with Crippen LogP contribution in [0.5, 0.6) is 0 Å². The third kappa shape index (κ3) is 10.3. The summed E-state index contributed by atoms with van der Waals surface area (Å²) in [5, 5.41) is 6.78. The Labute approximate surface area is 154 Å². The first-order chi connectivity index (χ1) is 12.0. The summed E-state index contributed by atoms with van der Waals surface area (Å²) < 4.78 is 0. The highest BCUT2D eigenvalue weighted by molar-refractivity contribution is 5.79. The molecule has 0 aromatic rings. The van der Waals surface area contributed by atoms with Crippen molar-refractivity contribution in [3.05, 3.63) is 0 Å². The number of hydrogen-bond donors (Lipinski definition) is 2. The average Bonchev–Trinajstić information content (AvgIpc) is 2.59. The van der Waals surface area contributed by atoms with Crippen LogP contribution in [0.15, 0.2) is 4.99 Å². The summed E-state index contributed by atoms with van der Waals surface area (Å²) in [7, 11) is 1.82. The van der Waals surface area contributed by atoms with E-state index in [-0.39, 0.29) is 5.91 Å². The summed E-state index contributed by atoms with van der Waals surface area (Å²) in [5.41, 5.74) is 0. The van der Waals surface area contributed by atoms with E-state index in [0.29, 0.717) is 0 Å². The van der Waals surface area contributed by atoms with E-state index < -0.39 is 0 Å². The van der Waals surface area contributed by atoms with E-state index in [1.807, 2.05) is 11.9 Å². The second-order valence-electron chi connectivity index (χ2n) is 7.37. The minimum Gasteiger partial charge on any atom is -0.356 e. The van der Waals surface area contributed by atoms with Gasteiger partial charge in [0.05, 0.1) is 0 Å². The average molecular weight is 354 g/mol. The minimum atomic E-state index is 0.187. The summed E-state index contributed by atoms with van der Waals surface area (Å²) in [4.78, 5) is 19.9. The second kappa shape index (κ2) is 13.0. The number of carbonyl (C=O) groups is 1. The van der Waals surface area contributed by atoms with Gasteiger partial charge < -0.3 is 15.5 Å². The highest BCUT2D eigenvalue weighted by Crippen LogP contribution is 2.08. The number of amides is 1. The van der Waals surface area contributed by atoms with E-state index in [1.54, 1.807) is 6.92 Å². The molecule has 25 heavy (non-hydrogen) atoms. The summed E-state index contributed by atoms with van der Waals surface area (Å²) in [5.74, 6) is 1.91. The molecular weight excluding hydrogens is 314 g/mol. The largest absolute Gasteiger partial charge is 0.356 e. The normalized spacial score (nSPS) is 16.4. The van der Waals surface area contributed by atoms with E-state index in [0.717, 1.165) is 57.7 Å². The van der Waals surface area contributed by atoms with Gasteiger partial charge in [-0.25, -0.2) is 0 Å². The van der Waals surface area contributed by atoms with E-state index in [2.05, 4.69) is 34.4 Å². The van der Waals surface area contributed by atoms with Gasteiger partial charge in [-0.05, 0) is 12.3 Å². The first-order valence-corrected chi connectivity index (χ1v) is 9.95. The van der Waals surface area contributed by atoms with Gasteiger partial charge in [0.2, 0.25) is 5.91 Å². The molecular formula is C19H39N5O. The Morgan fingerprint density at radius 2 is 1.64 bits per heavy atom. The van der Waals surface area contributed by atoms with Gasteiger partial charge in [-0.1, -0.05) is 39.5 Å². The fraction of sp³-hybridized carbons (Fsp3) is 0.895. The van der Waals surface area contributed by atoms with Gasteiger partial charge in [0.1, 0.15) is 0 Å². The predicted octanol–water partition coefficient (Wildman–Crippen LogP) is 1.92. The molecule has 1 aliphatic rings. The van der Waals surface area contributed by atoms with Crippen molar-refractivity contribution in [2.75, 3.05) is 52.9 Å². The van der Waals surface area contributed by atoms with E-state index in [4.69, 9.17) is 0 Å². The van der Waals surface area contributed by atoms with Crippen molar-refractivity contribution < 1.29 is 4.79 Å². The Morgan fingerprint density at radius 1 is 1.00 bits per heavy atom. The number of carbonyl (C=O) groups excluding carboxylic acids is 1. The molecule has 0 unspecified atom stereocenters. The maximum absolute atomic E-state index is 11.3. The fourth-order valence-corrected chi connectivity index (χ4v) is 3.08. The van der Waals surface area contributed by atoms with Gasteiger partial charge in [-0.15, -0.1) is 0 Å². The number of unbranched alkanes of at least 4 members (excludes halogenated alkanes) is 3. The maximum atomic E-state index is 11.3. The van der Waals surface area contributed by atoms with Crippen LogP contribution < -0.4 is 10.6 Å². The number of aliphatic imine (C=N–C) groups is 1. The minimum absolute atomic E-state index is 0.187. The van der Waals surface area contributed by atoms with E-state index in [9.17, 15) is 4.79 Å². The molecule has 1 saturated heterocycles. The molecule has 1 heterocycles. The summed E-state index contributed by atoms with van der Waals surface area (Å²) >= 11 is 0. The van der Waals surface area contributed by atoms with Crippen LogP contribution in [0.4, 0.5) is 0 Å². The fourth-order valence-electron chi connectivity index (χ4n) is 3.08. The Morgan fingerprint density at radius 3 is 2.24 bits per heavy atom. The number of nitrogens with one attached hydrogen (secondary N) is 2. The van der Waals surface area contributed by atoms with Gasteiger partial charge in [-0.3, -0.25) is 14.7 Å². The molecule has 0 aliphatic carbocycles. The van der Waals surface area contributed by atoms with Crippen LogP contribution in [-0.4, -0.2) is 74.5 Å². The lowest BCUT2D eigenvalue weighted by Crippen LogP contribution is -2.50. The summed E-state index contributed by atoms with van der Waals surface area (Å²) in [6.45, 7) is 12.7. The molecule has 1 amide bonds. The number of piperazine rings is 1. The molecule has 0 spiro atoms. The zero-order valence-corrected chi connectivity index (χ0v) is 16.8. The molecule has 1 fully saturated rings. The maximum Gasteiger partial charge on any atom is 0.219 e. The van der Waals surface area contributed by atoms with Gasteiger partial charge in [0.15, 0.2) is 5.96 Å². The Bertz CT molecular complexity index is 389. The first-order valence-electron chi connectivity index (χ1n) is 9.95. The molecule has 2 N–H and O–H groups in total. The van der Waals surface area contributed by atoms with Crippen molar-refractivity contribution in [3.8, 4) is 0 Å². The van der Waals surface area contributed by atoms with Crippen LogP contribution in [0, 0.1) is 5.92 Å². The molecule has 0 atom stereocenters. The molecule has 6 heteroatoms. The molecule has 0 aromatic carbocycles. The number of rotatable bonds is 10. The zero-order chi connectivity index (χ0) is 18.5. The molecule has 146 valence electrons. The van der Waals surface area contributed by atoms with Crippen LogP contribution >= 0.6 is 0 Å². The van der Waals surface area contributed by atoms with Gasteiger partial charge >= 0.3 is 0 Å². The Hall–Kier alpha value is -1.30. The van der Waals surface area contributed by atoms with Crippen molar-refractivity contribution in [1.29, 1.82) is 0 Å². The van der Waals surface area contributed by atoms with Crippen LogP contribution in [0.3, 0.4) is 0 Å². The van der Waals surface area contributed by atoms with Crippen LogP contribution in [0.2, 0.25) is 0 Å². The Kier molecular flexibility index (Phi) is 11.3. The second-order valence-corrected chi connectivity index (χ2v) is 7.37. The zero-order valence-electron chi connectivity index (χ0n) is 16.8. The third-order valence-electron chi connectivity index (χ3n) is 4.76. The van der Waals surface area contributed by atoms with Crippen molar-refractivity contribution in [2.24, 2.45) is 10.9 Å². The van der Waals surface area contributed by atoms with Crippen LogP contribution in [0.1, 0.15) is 52.9 Å². The lowest BCUT2D eigenvalue weighted by atomic mass is 10.0. The van der Waals surface area contributed by atoms with Crippen molar-refractivity contribution in [2.45, 2.75) is 52.9 Å². The Balaban J connectivity index is 2.02. The van der Waals surface area contributed by atoms with Gasteiger partial charge in [0, 0.05) is 59.8 Å². The predicted molar refractivity (Wildman–Crippen MR) is 106 cm³/mol. The summed E-state index contributed by atoms with van der Waals surface area (Å²) in [6, 6.07) is 0. The highest BCUT2D eigenvalue weighted by atomic mass is 16.2. The quantitative estimate of drug-likeness (QED) is 0.358. The third-order valence-corrected chi connectivity index (χ3v) is 4.76. The molecule has 0 bridgehead atoms. The molecule has 0 radical (unpaired) electrons. The number of nitrogens with zero attached hydrogens (tertiary/aromatic N) is 3. The van der Waals surface area contributed by atoms with Crippen LogP contribution in [0.25, 0.3) is 0 Å². The smallest absolute Gasteiger partial charge is 0.219 e. The lowest BCUT2D eigenvalue weighted by molar-refractivity contribution is -0.130. The SMILES string of the molecule is CN=C(NCCCCCCC(C)C)NCCN1CCN(C(C)=O)CC1. The molecule has 0 aromatic heterocycles. The summed E-state index contributed by atoms with van der Waals surface area (Å²) in [6.07, 6.45) is 6.51. The standard InChI is InChI=1S/C19H39N5O/c1-17(2)9-7-5-6-8-10-21-19(20-4)22-11-12-23-13-15-24(16-14-23)18(3)25/h17H,5-16H2,1-4H3,(H2,20,21,22). The number of guanidine groups is 1. The van der Waals surface area contributed by atoms with Crippen molar-refractivity contribution >= 4 is 11.9 Å². The molecule has 0 saturated carbocycles. The van der Waals surface area contributed by atoms with Crippen LogP contribution in [-0.2, 0) is 4.79 Å². The highest BCUT2D eigenvalue weighted by Gasteiger charge is 2.17. The topological polar surface area (TPSA) is 60.0 Å². The van der Waals surface area contributed by atoms with E-state index >= 15 is 0 Å². The number of hydrogen-bond acceptors (Lipinski definition) is 3. The molecule has 1 aliphatic heterocycles. The van der Waals surface area contributed by atoms with Crippen molar-refractivity contribution in [3.63, 3.8) is 0 Å².